The van der Waals surface area contributed by atoms with Crippen LogP contribution in [0.2, 0.25) is 5.02 Å². The van der Waals surface area contributed by atoms with E-state index in [2.05, 4.69) is 10.2 Å². The van der Waals surface area contributed by atoms with Crippen molar-refractivity contribution in [3.63, 3.8) is 0 Å². The molecule has 3 atom stereocenters. The van der Waals surface area contributed by atoms with Gasteiger partial charge in [0.25, 0.3) is 0 Å². The van der Waals surface area contributed by atoms with Crippen LogP contribution >= 0.6 is 11.6 Å². The van der Waals surface area contributed by atoms with Crippen molar-refractivity contribution in [3.8, 4) is 0 Å². The van der Waals surface area contributed by atoms with E-state index in [-0.39, 0.29) is 29.9 Å². The van der Waals surface area contributed by atoms with Gasteiger partial charge in [-0.15, -0.1) is 0 Å². The van der Waals surface area contributed by atoms with Gasteiger partial charge in [-0.05, 0) is 37.3 Å². The van der Waals surface area contributed by atoms with E-state index >= 15 is 0 Å². The number of nitrogens with one attached hydrogen (secondary N) is 1. The summed E-state index contributed by atoms with van der Waals surface area (Å²) in [5.74, 6) is -0.576. The lowest BCUT2D eigenvalue weighted by Crippen LogP contribution is -2.50. The molecule has 1 aromatic carbocycles. The van der Waals surface area contributed by atoms with Gasteiger partial charge in [-0.1, -0.05) is 38.4 Å². The predicted octanol–water partition coefficient (Wildman–Crippen LogP) is 3.78. The summed E-state index contributed by atoms with van der Waals surface area (Å²) in [5, 5.41) is 3.34. The van der Waals surface area contributed by atoms with E-state index in [1.54, 1.807) is 17.0 Å². The molecule has 1 N–H and O–H groups in total. The number of halogens is 2. The summed E-state index contributed by atoms with van der Waals surface area (Å²) in [4.78, 5) is 29.7. The second-order valence-corrected chi connectivity index (χ2v) is 10.5. The number of ether oxygens (including phenoxy) is 1. The minimum Gasteiger partial charge on any atom is -0.376 e. The van der Waals surface area contributed by atoms with Gasteiger partial charge in [0.2, 0.25) is 11.8 Å². The molecular formula is C24H35ClFN3O3. The number of amides is 2. The first-order valence-electron chi connectivity index (χ1n) is 11.4. The first kappa shape index (κ1) is 24.9. The molecule has 0 spiro atoms. The van der Waals surface area contributed by atoms with Crippen LogP contribution in [0.5, 0.6) is 0 Å². The van der Waals surface area contributed by atoms with Crippen LogP contribution in [-0.2, 0) is 14.3 Å². The van der Waals surface area contributed by atoms with Crippen LogP contribution in [0.1, 0.15) is 58.6 Å². The van der Waals surface area contributed by atoms with Crippen LogP contribution in [0.4, 0.5) is 4.39 Å². The molecular weight excluding hydrogens is 433 g/mol. The summed E-state index contributed by atoms with van der Waals surface area (Å²) in [7, 11) is 0. The molecule has 1 aromatic rings. The Morgan fingerprint density at radius 2 is 2.06 bits per heavy atom. The van der Waals surface area contributed by atoms with Crippen molar-refractivity contribution in [2.24, 2.45) is 5.41 Å². The Bertz CT molecular complexity index is 809. The molecule has 6 nitrogen and oxygen atoms in total. The normalized spacial score (nSPS) is 23.2. The van der Waals surface area contributed by atoms with Gasteiger partial charge in [0.15, 0.2) is 0 Å². The Balaban J connectivity index is 1.74. The Morgan fingerprint density at radius 1 is 1.31 bits per heavy atom. The smallest absolute Gasteiger partial charge is 0.242 e. The maximum Gasteiger partial charge on any atom is 0.242 e. The molecule has 2 amide bonds. The number of rotatable bonds is 6. The standard InChI is InChI=1S/C24H35ClFN3O3/c1-16-15-28(11-12-32-16)20(22-17(25)7-5-8-18(22)26)14-27-23(31)19-9-6-10-29(19)21(30)13-24(2,3)4/h5,7-8,16,19-20H,6,9-15H2,1-4H3,(H,27,31). The molecule has 0 aliphatic carbocycles. The summed E-state index contributed by atoms with van der Waals surface area (Å²) in [6.07, 6.45) is 1.85. The number of carbonyl (C=O) groups excluding carboxylic acids is 2. The Morgan fingerprint density at radius 3 is 2.72 bits per heavy atom. The van der Waals surface area contributed by atoms with Crippen LogP contribution in [0.3, 0.4) is 0 Å². The van der Waals surface area contributed by atoms with Crippen LogP contribution in [0.25, 0.3) is 0 Å². The molecule has 2 aliphatic rings. The second-order valence-electron chi connectivity index (χ2n) is 10.1. The van der Waals surface area contributed by atoms with E-state index in [4.69, 9.17) is 16.3 Å². The monoisotopic (exact) mass is 467 g/mol. The third-order valence-electron chi connectivity index (χ3n) is 6.07. The van der Waals surface area contributed by atoms with E-state index in [0.29, 0.717) is 49.7 Å². The highest BCUT2D eigenvalue weighted by atomic mass is 35.5. The van der Waals surface area contributed by atoms with E-state index in [9.17, 15) is 14.0 Å². The molecule has 2 saturated heterocycles. The maximum absolute atomic E-state index is 14.8. The van der Waals surface area contributed by atoms with Gasteiger partial charge >= 0.3 is 0 Å². The molecule has 2 fully saturated rings. The average Bonchev–Trinajstić information content (AvgIpc) is 3.19. The molecule has 3 rings (SSSR count). The van der Waals surface area contributed by atoms with Crippen molar-refractivity contribution in [2.75, 3.05) is 32.8 Å². The Labute approximate surface area is 195 Å². The summed E-state index contributed by atoms with van der Waals surface area (Å²) >= 11 is 6.38. The van der Waals surface area contributed by atoms with Gasteiger partial charge in [0.05, 0.1) is 18.8 Å². The number of hydrogen-bond acceptors (Lipinski definition) is 4. The fourth-order valence-corrected chi connectivity index (χ4v) is 4.87. The van der Waals surface area contributed by atoms with Crippen LogP contribution in [0.15, 0.2) is 18.2 Å². The van der Waals surface area contributed by atoms with Crippen LogP contribution in [0, 0.1) is 11.2 Å². The molecule has 178 valence electrons. The highest BCUT2D eigenvalue weighted by molar-refractivity contribution is 6.31. The number of benzene rings is 1. The average molecular weight is 468 g/mol. The number of likely N-dealkylation sites (tertiary alicyclic amines) is 1. The molecule has 0 saturated carbocycles. The molecule has 0 radical (unpaired) electrons. The van der Waals surface area contributed by atoms with Gasteiger partial charge in [0.1, 0.15) is 11.9 Å². The lowest BCUT2D eigenvalue weighted by Gasteiger charge is -2.38. The van der Waals surface area contributed by atoms with Crippen molar-refractivity contribution >= 4 is 23.4 Å². The number of hydrogen-bond donors (Lipinski definition) is 1. The van der Waals surface area contributed by atoms with Gasteiger partial charge in [-0.25, -0.2) is 4.39 Å². The molecule has 8 heteroatoms. The summed E-state index contributed by atoms with van der Waals surface area (Å²) in [6.45, 7) is 10.6. The fourth-order valence-electron chi connectivity index (χ4n) is 4.58. The lowest BCUT2D eigenvalue weighted by molar-refractivity contribution is -0.140. The summed E-state index contributed by atoms with van der Waals surface area (Å²) < 4.78 is 20.4. The second kappa shape index (κ2) is 10.5. The zero-order chi connectivity index (χ0) is 23.5. The quantitative estimate of drug-likeness (QED) is 0.691. The maximum atomic E-state index is 14.8. The molecule has 0 aromatic heterocycles. The first-order valence-corrected chi connectivity index (χ1v) is 11.8. The zero-order valence-electron chi connectivity index (χ0n) is 19.5. The van der Waals surface area contributed by atoms with Crippen LogP contribution < -0.4 is 5.32 Å². The van der Waals surface area contributed by atoms with Crippen molar-refractivity contribution in [1.29, 1.82) is 0 Å². The predicted molar refractivity (Wildman–Crippen MR) is 123 cm³/mol. The molecule has 2 heterocycles. The summed E-state index contributed by atoms with van der Waals surface area (Å²) in [6, 6.07) is 3.74. The highest BCUT2D eigenvalue weighted by Crippen LogP contribution is 2.31. The molecule has 32 heavy (non-hydrogen) atoms. The number of morpholine rings is 1. The van der Waals surface area contributed by atoms with Crippen molar-refractivity contribution in [1.82, 2.24) is 15.1 Å². The van der Waals surface area contributed by atoms with E-state index < -0.39 is 17.9 Å². The van der Waals surface area contributed by atoms with Crippen molar-refractivity contribution in [3.05, 3.63) is 34.6 Å². The fraction of sp³-hybridized carbons (Fsp3) is 0.667. The van der Waals surface area contributed by atoms with Crippen LogP contribution in [-0.4, -0.2) is 66.5 Å². The van der Waals surface area contributed by atoms with Gasteiger partial charge < -0.3 is 15.0 Å². The number of nitrogens with zero attached hydrogens (tertiary/aromatic N) is 2. The van der Waals surface area contributed by atoms with E-state index in [1.165, 1.54) is 6.07 Å². The van der Waals surface area contributed by atoms with Gasteiger partial charge in [-0.2, -0.15) is 0 Å². The van der Waals surface area contributed by atoms with Gasteiger partial charge in [-0.3, -0.25) is 14.5 Å². The molecule has 3 unspecified atom stereocenters. The Kier molecular flexibility index (Phi) is 8.17. The first-order chi connectivity index (χ1) is 15.1. The molecule has 2 aliphatic heterocycles. The van der Waals surface area contributed by atoms with Crippen molar-refractivity contribution in [2.45, 2.75) is 65.1 Å². The zero-order valence-corrected chi connectivity index (χ0v) is 20.3. The van der Waals surface area contributed by atoms with E-state index in [0.717, 1.165) is 6.42 Å². The largest absolute Gasteiger partial charge is 0.376 e. The van der Waals surface area contributed by atoms with Crippen molar-refractivity contribution < 1.29 is 18.7 Å². The third-order valence-corrected chi connectivity index (χ3v) is 6.40. The highest BCUT2D eigenvalue weighted by Gasteiger charge is 2.36. The SMILES string of the molecule is CC1CN(C(CNC(=O)C2CCCN2C(=O)CC(C)(C)C)c2c(F)cccc2Cl)CCO1. The lowest BCUT2D eigenvalue weighted by atomic mass is 9.91. The number of carbonyl (C=O) groups is 2. The van der Waals surface area contributed by atoms with E-state index in [1.807, 2.05) is 27.7 Å². The minimum atomic E-state index is -0.481. The van der Waals surface area contributed by atoms with Gasteiger partial charge in [0, 0.05) is 43.2 Å². The summed E-state index contributed by atoms with van der Waals surface area (Å²) in [5.41, 5.74) is 0.246. The topological polar surface area (TPSA) is 61.9 Å². The molecule has 0 bridgehead atoms. The Hall–Kier alpha value is -1.70. The third kappa shape index (κ3) is 6.21. The minimum absolute atomic E-state index is 0.00542.